The summed E-state index contributed by atoms with van der Waals surface area (Å²) in [6, 6.07) is 11.0. The number of rotatable bonds is 18. The second-order valence-corrected chi connectivity index (χ2v) is 29.9. The summed E-state index contributed by atoms with van der Waals surface area (Å²) in [4.78, 5) is 17.0. The van der Waals surface area contributed by atoms with E-state index in [1.54, 1.807) is 0 Å². The van der Waals surface area contributed by atoms with Gasteiger partial charge in [0.1, 0.15) is 0 Å². The Balaban J connectivity index is 2.16. The van der Waals surface area contributed by atoms with Gasteiger partial charge in [0.25, 0.3) is 0 Å². The lowest BCUT2D eigenvalue weighted by molar-refractivity contribution is -0.147. The SMILES string of the molecule is CC1(C(Cc2ccccc2)C(=O)O)CN(CCNS(=O)(=O)CC[Si](C)(C)C)CCN(CCNS(=O)(=O)CC[Si](C)(C)C)C1. The number of aliphatic carboxylic acids is 1. The van der Waals surface area contributed by atoms with Crippen LogP contribution in [0.25, 0.3) is 0 Å². The molecular weight excluding hydrogens is 621 g/mol. The van der Waals surface area contributed by atoms with Crippen LogP contribution in [0.2, 0.25) is 51.4 Å². The number of carboxylic acid groups (broad SMARTS) is 1. The summed E-state index contributed by atoms with van der Waals surface area (Å²) in [6.45, 7) is 18.6. The number of carboxylic acids is 1. The molecule has 1 saturated heterocycles. The highest BCUT2D eigenvalue weighted by Gasteiger charge is 2.43. The quantitative estimate of drug-likeness (QED) is 0.202. The molecule has 43 heavy (non-hydrogen) atoms. The summed E-state index contributed by atoms with van der Waals surface area (Å²) in [5.41, 5.74) is 0.287. The van der Waals surface area contributed by atoms with Crippen LogP contribution in [0.15, 0.2) is 30.3 Å². The van der Waals surface area contributed by atoms with Crippen molar-refractivity contribution in [2.24, 2.45) is 11.3 Å². The van der Waals surface area contributed by atoms with E-state index < -0.39 is 53.5 Å². The zero-order valence-corrected chi connectivity index (χ0v) is 31.0. The Morgan fingerprint density at radius 1 is 0.837 bits per heavy atom. The van der Waals surface area contributed by atoms with E-state index >= 15 is 0 Å². The zero-order chi connectivity index (χ0) is 32.5. The first-order valence-electron chi connectivity index (χ1n) is 15.3. The minimum atomic E-state index is -3.38. The highest BCUT2D eigenvalue weighted by molar-refractivity contribution is 7.89. The number of benzene rings is 1. The molecule has 0 radical (unpaired) electrons. The molecule has 0 saturated carbocycles. The van der Waals surface area contributed by atoms with Gasteiger partial charge in [-0.25, -0.2) is 26.3 Å². The first-order chi connectivity index (χ1) is 19.7. The Morgan fingerprint density at radius 3 is 1.63 bits per heavy atom. The summed E-state index contributed by atoms with van der Waals surface area (Å²) in [5.74, 6) is -1.30. The summed E-state index contributed by atoms with van der Waals surface area (Å²) in [7, 11) is -9.76. The van der Waals surface area contributed by atoms with Crippen molar-refractivity contribution in [3.05, 3.63) is 35.9 Å². The number of sulfonamides is 2. The Kier molecular flexibility index (Phi) is 14.1. The highest BCUT2D eigenvalue weighted by Crippen LogP contribution is 2.34. The van der Waals surface area contributed by atoms with Gasteiger partial charge in [-0.2, -0.15) is 0 Å². The molecule has 1 aliphatic rings. The van der Waals surface area contributed by atoms with E-state index in [0.717, 1.165) is 5.56 Å². The Hall–Kier alpha value is -1.14. The topological polar surface area (TPSA) is 136 Å². The van der Waals surface area contributed by atoms with Gasteiger partial charge in [0.15, 0.2) is 0 Å². The maximum Gasteiger partial charge on any atom is 0.307 e. The average Bonchev–Trinajstić information content (AvgIpc) is 3.03. The smallest absolute Gasteiger partial charge is 0.307 e. The molecule has 248 valence electrons. The molecule has 0 amide bonds. The molecule has 0 spiro atoms. The zero-order valence-electron chi connectivity index (χ0n) is 27.4. The normalized spacial score (nSPS) is 18.3. The molecule has 0 bridgehead atoms. The number of hydrogen-bond acceptors (Lipinski definition) is 7. The van der Waals surface area contributed by atoms with E-state index in [9.17, 15) is 26.7 Å². The summed E-state index contributed by atoms with van der Waals surface area (Å²) in [5, 5.41) is 10.4. The molecule has 1 aromatic rings. The second kappa shape index (κ2) is 15.9. The van der Waals surface area contributed by atoms with Crippen LogP contribution in [0.4, 0.5) is 0 Å². The predicted octanol–water partition coefficient (Wildman–Crippen LogP) is 3.07. The van der Waals surface area contributed by atoms with Gasteiger partial charge in [-0.3, -0.25) is 4.79 Å². The van der Waals surface area contributed by atoms with Crippen molar-refractivity contribution >= 4 is 42.2 Å². The Bertz CT molecular complexity index is 1170. The summed E-state index contributed by atoms with van der Waals surface area (Å²) < 4.78 is 56.0. The maximum absolute atomic E-state index is 12.7. The molecular formula is C29H56N4O6S2Si2. The van der Waals surface area contributed by atoms with Gasteiger partial charge >= 0.3 is 5.97 Å². The van der Waals surface area contributed by atoms with Gasteiger partial charge in [-0.05, 0) is 24.1 Å². The molecule has 1 unspecified atom stereocenters. The molecule has 1 aliphatic heterocycles. The highest BCUT2D eigenvalue weighted by atomic mass is 32.2. The lowest BCUT2D eigenvalue weighted by Gasteiger charge is -2.39. The predicted molar refractivity (Wildman–Crippen MR) is 182 cm³/mol. The van der Waals surface area contributed by atoms with Crippen molar-refractivity contribution in [1.29, 1.82) is 0 Å². The largest absolute Gasteiger partial charge is 0.481 e. The first kappa shape index (κ1) is 38.0. The van der Waals surface area contributed by atoms with Crippen LogP contribution >= 0.6 is 0 Å². The Labute approximate surface area is 263 Å². The monoisotopic (exact) mass is 676 g/mol. The van der Waals surface area contributed by atoms with Gasteiger partial charge in [0.05, 0.1) is 17.4 Å². The first-order valence-corrected chi connectivity index (χ1v) is 26.1. The third-order valence-corrected chi connectivity index (χ3v) is 15.1. The van der Waals surface area contributed by atoms with Crippen LogP contribution < -0.4 is 9.44 Å². The lowest BCUT2D eigenvalue weighted by atomic mass is 9.73. The summed E-state index contributed by atoms with van der Waals surface area (Å²) in [6.07, 6.45) is 0.376. The van der Waals surface area contributed by atoms with Crippen molar-refractivity contribution < 1.29 is 26.7 Å². The van der Waals surface area contributed by atoms with Crippen molar-refractivity contribution in [3.63, 3.8) is 0 Å². The lowest BCUT2D eigenvalue weighted by Crippen LogP contribution is -2.49. The third-order valence-electron chi connectivity index (χ3n) is 8.07. The molecule has 10 nitrogen and oxygen atoms in total. The molecule has 1 aromatic carbocycles. The molecule has 1 atom stereocenters. The molecule has 0 aliphatic carbocycles. The molecule has 1 heterocycles. The van der Waals surface area contributed by atoms with Gasteiger partial charge < -0.3 is 14.9 Å². The summed E-state index contributed by atoms with van der Waals surface area (Å²) >= 11 is 0. The molecule has 14 heteroatoms. The second-order valence-electron chi connectivity index (χ2n) is 14.8. The van der Waals surface area contributed by atoms with E-state index in [1.165, 1.54) is 0 Å². The van der Waals surface area contributed by atoms with E-state index in [2.05, 4.69) is 58.5 Å². The van der Waals surface area contributed by atoms with Crippen molar-refractivity contribution in [2.75, 3.05) is 63.9 Å². The molecule has 1 fully saturated rings. The fraction of sp³-hybridized carbons (Fsp3) is 0.759. The molecule has 0 aromatic heterocycles. The van der Waals surface area contributed by atoms with Gasteiger partial charge in [0, 0.05) is 73.9 Å². The van der Waals surface area contributed by atoms with Crippen LogP contribution in [0.3, 0.4) is 0 Å². The van der Waals surface area contributed by atoms with Crippen LogP contribution in [-0.2, 0) is 31.3 Å². The van der Waals surface area contributed by atoms with E-state index in [-0.39, 0.29) is 24.6 Å². The number of carbonyl (C=O) groups is 1. The standard InChI is InChI=1S/C29H56N4O6S2Si2/c1-29(27(28(34)35)23-26-11-9-8-10-12-26)24-32(15-13-30-40(36,37)19-21-42(2,3)4)17-18-33(25-29)16-14-31-41(38,39)20-22-43(5,6)7/h8-12,27,30-31H,13-25H2,1-7H3,(H,34,35). The third kappa shape index (κ3) is 15.1. The van der Waals surface area contributed by atoms with Crippen LogP contribution in [-0.4, -0.2) is 118 Å². The average molecular weight is 677 g/mol. The number of nitrogens with zero attached hydrogens (tertiary/aromatic N) is 2. The van der Waals surface area contributed by atoms with E-state index in [4.69, 9.17) is 0 Å². The van der Waals surface area contributed by atoms with Crippen molar-refractivity contribution in [3.8, 4) is 0 Å². The van der Waals surface area contributed by atoms with Gasteiger partial charge in [0.2, 0.25) is 20.0 Å². The van der Waals surface area contributed by atoms with Crippen LogP contribution in [0.5, 0.6) is 0 Å². The van der Waals surface area contributed by atoms with Crippen LogP contribution in [0.1, 0.15) is 12.5 Å². The van der Waals surface area contributed by atoms with E-state index in [0.29, 0.717) is 57.8 Å². The van der Waals surface area contributed by atoms with Gasteiger partial charge in [-0.1, -0.05) is 76.5 Å². The number of hydrogen-bond donors (Lipinski definition) is 3. The maximum atomic E-state index is 12.7. The minimum Gasteiger partial charge on any atom is -0.481 e. The minimum absolute atomic E-state index is 0.125. The fourth-order valence-corrected chi connectivity index (χ4v) is 13.5. The fourth-order valence-electron chi connectivity index (χ4n) is 5.34. The number of nitrogens with one attached hydrogen (secondary N) is 2. The van der Waals surface area contributed by atoms with E-state index in [1.807, 2.05) is 37.3 Å². The molecule has 2 rings (SSSR count). The van der Waals surface area contributed by atoms with Gasteiger partial charge in [-0.15, -0.1) is 0 Å². The molecule has 3 N–H and O–H groups in total. The van der Waals surface area contributed by atoms with Crippen LogP contribution in [0, 0.1) is 11.3 Å². The van der Waals surface area contributed by atoms with Crippen molar-refractivity contribution in [1.82, 2.24) is 19.2 Å². The van der Waals surface area contributed by atoms with Crippen molar-refractivity contribution in [2.45, 2.75) is 64.7 Å². The Morgan fingerprint density at radius 2 is 1.26 bits per heavy atom.